The number of hydrogen-bond donors (Lipinski definition) is 2. The van der Waals surface area contributed by atoms with E-state index in [1.54, 1.807) is 17.8 Å². The van der Waals surface area contributed by atoms with Crippen LogP contribution in [-0.2, 0) is 4.79 Å². The van der Waals surface area contributed by atoms with Gasteiger partial charge in [0.25, 0.3) is 0 Å². The molecule has 0 saturated carbocycles. The summed E-state index contributed by atoms with van der Waals surface area (Å²) in [5.74, 6) is -0.171. The molecule has 2 N–H and O–H groups in total. The third kappa shape index (κ3) is 5.46. The van der Waals surface area contributed by atoms with Crippen molar-refractivity contribution in [2.75, 3.05) is 19.0 Å². The van der Waals surface area contributed by atoms with E-state index in [1.165, 1.54) is 14.0 Å². The maximum absolute atomic E-state index is 11.0. The molecule has 1 unspecified atom stereocenters. The Morgan fingerprint density at radius 3 is 2.83 bits per heavy atom. The molecule has 6 nitrogen and oxygen atoms in total. The van der Waals surface area contributed by atoms with Crippen molar-refractivity contribution in [1.29, 1.82) is 0 Å². The largest absolute Gasteiger partial charge is 0.493 e. The Labute approximate surface area is 178 Å². The maximum Gasteiger partial charge on any atom is 0.344 e. The summed E-state index contributed by atoms with van der Waals surface area (Å²) in [5, 5.41) is 13.8. The van der Waals surface area contributed by atoms with Crippen LogP contribution in [0.25, 0.3) is 6.08 Å². The number of carboxylic acids is 1. The first-order valence-corrected chi connectivity index (χ1v) is 10.1. The molecule has 2 aromatic carbocycles. The molecule has 1 atom stereocenters. The predicted molar refractivity (Wildman–Crippen MR) is 118 cm³/mol. The molecule has 0 bridgehead atoms. The smallest absolute Gasteiger partial charge is 0.344 e. The fourth-order valence-corrected chi connectivity index (χ4v) is 3.66. The first-order chi connectivity index (χ1) is 13.9. The molecule has 152 valence electrons. The SMILES string of the molecule is COc1cc(/C=C2/CN=C(Nc3cc(Cl)ccc3C)S2)ccc1OC(C)C(=O)O. The van der Waals surface area contributed by atoms with Crippen molar-refractivity contribution in [2.45, 2.75) is 20.0 Å². The molecule has 3 rings (SSSR count). The summed E-state index contributed by atoms with van der Waals surface area (Å²) in [6.45, 7) is 4.06. The van der Waals surface area contributed by atoms with Gasteiger partial charge in [0.15, 0.2) is 22.8 Å². The van der Waals surface area contributed by atoms with Crippen LogP contribution in [0.3, 0.4) is 0 Å². The molecule has 2 aromatic rings. The van der Waals surface area contributed by atoms with Gasteiger partial charge in [0.05, 0.1) is 13.7 Å². The van der Waals surface area contributed by atoms with Crippen LogP contribution < -0.4 is 14.8 Å². The quantitative estimate of drug-likeness (QED) is 0.663. The molecule has 0 saturated heterocycles. The van der Waals surface area contributed by atoms with Crippen LogP contribution >= 0.6 is 23.4 Å². The van der Waals surface area contributed by atoms with Gasteiger partial charge in [-0.1, -0.05) is 35.5 Å². The lowest BCUT2D eigenvalue weighted by atomic mass is 10.2. The Morgan fingerprint density at radius 2 is 2.10 bits per heavy atom. The van der Waals surface area contributed by atoms with Crippen LogP contribution in [0.15, 0.2) is 46.3 Å². The second kappa shape index (κ2) is 9.24. The van der Waals surface area contributed by atoms with E-state index in [0.717, 1.165) is 26.9 Å². The van der Waals surface area contributed by atoms with Crippen LogP contribution in [0.4, 0.5) is 5.69 Å². The fourth-order valence-electron chi connectivity index (χ4n) is 2.62. The molecule has 0 aromatic heterocycles. The third-order valence-corrected chi connectivity index (χ3v) is 5.38. The van der Waals surface area contributed by atoms with E-state index in [0.29, 0.717) is 23.1 Å². The number of hydrogen-bond acceptors (Lipinski definition) is 6. The van der Waals surface area contributed by atoms with E-state index in [9.17, 15) is 4.79 Å². The van der Waals surface area contributed by atoms with Crippen molar-refractivity contribution >= 4 is 46.3 Å². The molecule has 0 fully saturated rings. The standard InChI is InChI=1S/C21H21ClN2O4S/c1-12-4-6-15(22)10-17(12)24-21-23-11-16(29-21)8-14-5-7-18(19(9-14)27-3)28-13(2)20(25)26/h4-10,13H,11H2,1-3H3,(H,23,24)(H,25,26)/b16-8-. The first kappa shape index (κ1) is 21.1. The number of methoxy groups -OCH3 is 1. The number of ether oxygens (including phenoxy) is 2. The van der Waals surface area contributed by atoms with Crippen molar-refractivity contribution in [2.24, 2.45) is 4.99 Å². The topological polar surface area (TPSA) is 80.1 Å². The van der Waals surface area contributed by atoms with Crippen molar-refractivity contribution < 1.29 is 19.4 Å². The number of thioether (sulfide) groups is 1. The Balaban J connectivity index is 1.70. The molecule has 1 aliphatic heterocycles. The molecular weight excluding hydrogens is 412 g/mol. The number of benzene rings is 2. The highest BCUT2D eigenvalue weighted by Gasteiger charge is 2.17. The van der Waals surface area contributed by atoms with Crippen LogP contribution in [0.5, 0.6) is 11.5 Å². The zero-order valence-corrected chi connectivity index (χ0v) is 17.8. The van der Waals surface area contributed by atoms with Gasteiger partial charge in [-0.3, -0.25) is 4.99 Å². The number of nitrogens with one attached hydrogen (secondary N) is 1. The highest BCUT2D eigenvalue weighted by atomic mass is 35.5. The van der Waals surface area contributed by atoms with Gasteiger partial charge in [-0.05, 0) is 55.3 Å². The van der Waals surface area contributed by atoms with Crippen LogP contribution in [0.1, 0.15) is 18.1 Å². The van der Waals surface area contributed by atoms with E-state index in [-0.39, 0.29) is 0 Å². The second-order valence-corrected chi connectivity index (χ2v) is 7.98. The molecule has 0 aliphatic carbocycles. The summed E-state index contributed by atoms with van der Waals surface area (Å²) in [6, 6.07) is 11.1. The van der Waals surface area contributed by atoms with E-state index >= 15 is 0 Å². The van der Waals surface area contributed by atoms with Crippen molar-refractivity contribution in [1.82, 2.24) is 0 Å². The van der Waals surface area contributed by atoms with Crippen molar-refractivity contribution in [3.05, 3.63) is 57.5 Å². The fraction of sp³-hybridized carbons (Fsp3) is 0.238. The lowest BCUT2D eigenvalue weighted by Crippen LogP contribution is -2.23. The number of carboxylic acid groups (broad SMARTS) is 1. The van der Waals surface area contributed by atoms with E-state index in [4.69, 9.17) is 26.2 Å². The van der Waals surface area contributed by atoms with Gasteiger partial charge < -0.3 is 19.9 Å². The molecule has 29 heavy (non-hydrogen) atoms. The molecule has 0 radical (unpaired) electrons. The average molecular weight is 433 g/mol. The number of amidine groups is 1. The second-order valence-electron chi connectivity index (χ2n) is 6.43. The maximum atomic E-state index is 11.0. The Hall–Kier alpha value is -2.64. The first-order valence-electron chi connectivity index (χ1n) is 8.89. The molecule has 0 amide bonds. The zero-order chi connectivity index (χ0) is 21.0. The molecule has 0 spiro atoms. The van der Waals surface area contributed by atoms with Crippen molar-refractivity contribution in [3.8, 4) is 11.5 Å². The summed E-state index contributed by atoms with van der Waals surface area (Å²) >= 11 is 7.63. The number of aliphatic imine (C=N–C) groups is 1. The Bertz CT molecular complexity index is 991. The van der Waals surface area contributed by atoms with Gasteiger partial charge in [-0.15, -0.1) is 0 Å². The van der Waals surface area contributed by atoms with E-state index < -0.39 is 12.1 Å². The molecule has 1 aliphatic rings. The lowest BCUT2D eigenvalue weighted by Gasteiger charge is -2.14. The minimum atomic E-state index is -1.03. The normalized spacial score (nSPS) is 15.7. The minimum absolute atomic E-state index is 0.388. The molecular formula is C21H21ClN2O4S. The lowest BCUT2D eigenvalue weighted by molar-refractivity contribution is -0.144. The van der Waals surface area contributed by atoms with E-state index in [1.807, 2.05) is 43.3 Å². The van der Waals surface area contributed by atoms with Gasteiger partial charge in [-0.2, -0.15) is 0 Å². The van der Waals surface area contributed by atoms with Gasteiger partial charge in [0, 0.05) is 15.6 Å². The Kier molecular flexibility index (Phi) is 6.71. The van der Waals surface area contributed by atoms with Crippen LogP contribution in [0, 0.1) is 6.92 Å². The molecule has 8 heteroatoms. The number of anilines is 1. The van der Waals surface area contributed by atoms with Gasteiger partial charge in [-0.25, -0.2) is 4.79 Å². The van der Waals surface area contributed by atoms with Crippen LogP contribution in [-0.4, -0.2) is 36.0 Å². The molecule has 1 heterocycles. The summed E-state index contributed by atoms with van der Waals surface area (Å²) < 4.78 is 10.8. The van der Waals surface area contributed by atoms with Gasteiger partial charge >= 0.3 is 5.97 Å². The van der Waals surface area contributed by atoms with Crippen molar-refractivity contribution in [3.63, 3.8) is 0 Å². The summed E-state index contributed by atoms with van der Waals surface area (Å²) in [6.07, 6.45) is 1.05. The average Bonchev–Trinajstić information content (AvgIpc) is 3.12. The minimum Gasteiger partial charge on any atom is -0.493 e. The summed E-state index contributed by atoms with van der Waals surface area (Å²) in [5.41, 5.74) is 2.93. The highest BCUT2D eigenvalue weighted by Crippen LogP contribution is 2.33. The number of aryl methyl sites for hydroxylation is 1. The third-order valence-electron chi connectivity index (χ3n) is 4.21. The van der Waals surface area contributed by atoms with E-state index in [2.05, 4.69) is 10.3 Å². The number of aliphatic carboxylic acids is 1. The monoisotopic (exact) mass is 432 g/mol. The number of carbonyl (C=O) groups is 1. The summed E-state index contributed by atoms with van der Waals surface area (Å²) in [7, 11) is 1.52. The predicted octanol–water partition coefficient (Wildman–Crippen LogP) is 5.06. The zero-order valence-electron chi connectivity index (χ0n) is 16.2. The van der Waals surface area contributed by atoms with Gasteiger partial charge in [0.2, 0.25) is 0 Å². The number of rotatable bonds is 6. The highest BCUT2D eigenvalue weighted by molar-refractivity contribution is 8.17. The van der Waals surface area contributed by atoms with Gasteiger partial charge in [0.1, 0.15) is 0 Å². The Morgan fingerprint density at radius 1 is 1.31 bits per heavy atom. The van der Waals surface area contributed by atoms with Crippen LogP contribution in [0.2, 0.25) is 5.02 Å². The number of halogens is 1. The number of nitrogens with zero attached hydrogens (tertiary/aromatic N) is 1. The summed E-state index contributed by atoms with van der Waals surface area (Å²) in [4.78, 5) is 16.6.